The van der Waals surface area contributed by atoms with E-state index in [-0.39, 0.29) is 23.9 Å². The van der Waals surface area contributed by atoms with Crippen molar-refractivity contribution in [2.24, 2.45) is 0 Å². The van der Waals surface area contributed by atoms with Crippen LogP contribution in [0.1, 0.15) is 30.4 Å². The van der Waals surface area contributed by atoms with Crippen LogP contribution in [-0.2, 0) is 22.6 Å². The zero-order chi connectivity index (χ0) is 32.0. The molecule has 0 saturated carbocycles. The number of nitrogens with zero attached hydrogens (tertiary/aromatic N) is 2. The number of amides is 1. The van der Waals surface area contributed by atoms with Crippen LogP contribution in [0.3, 0.4) is 0 Å². The number of nitrogens with one attached hydrogen (secondary N) is 4. The van der Waals surface area contributed by atoms with Crippen molar-refractivity contribution < 1.29 is 18.7 Å². The summed E-state index contributed by atoms with van der Waals surface area (Å²) in [6.45, 7) is 3.07. The van der Waals surface area contributed by atoms with E-state index in [0.717, 1.165) is 30.6 Å². The van der Waals surface area contributed by atoms with E-state index in [0.29, 0.717) is 76.5 Å². The van der Waals surface area contributed by atoms with Crippen LogP contribution in [-0.4, -0.2) is 54.8 Å². The molecule has 4 N–H and O–H groups in total. The third-order valence-corrected chi connectivity index (χ3v) is 9.02. The lowest BCUT2D eigenvalue weighted by Crippen LogP contribution is -2.37. The average molecular weight is 666 g/mol. The Morgan fingerprint density at radius 3 is 2.52 bits per heavy atom. The predicted molar refractivity (Wildman–Crippen MR) is 178 cm³/mol. The Labute approximate surface area is 277 Å². The van der Waals surface area contributed by atoms with Gasteiger partial charge >= 0.3 is 0 Å². The molecule has 2 atom stereocenters. The van der Waals surface area contributed by atoms with Gasteiger partial charge in [-0.15, -0.1) is 0 Å². The van der Waals surface area contributed by atoms with Crippen LogP contribution < -0.4 is 26.0 Å². The average Bonchev–Trinajstić information content (AvgIpc) is 3.46. The van der Waals surface area contributed by atoms with Gasteiger partial charge < -0.3 is 30.7 Å². The molecule has 46 heavy (non-hydrogen) atoms. The number of methoxy groups -OCH3 is 1. The molecule has 2 aliphatic heterocycles. The Hall–Kier alpha value is -3.80. The molecule has 2 saturated heterocycles. The SMILES string of the molecule is COc1cc(-c2nccc(-c3cccc(Nc4nccc(CNC[C@H]5CCO5)c4F)c3Cl)c2Cl)ccc1CNC[C@@H]1CCC(=O)N1. The fraction of sp³-hybridized carbons (Fsp3) is 0.324. The van der Waals surface area contributed by atoms with Gasteiger partial charge in [-0.25, -0.2) is 9.37 Å². The van der Waals surface area contributed by atoms with Gasteiger partial charge in [0.25, 0.3) is 0 Å². The molecule has 0 spiro atoms. The van der Waals surface area contributed by atoms with E-state index in [9.17, 15) is 4.79 Å². The molecule has 0 radical (unpaired) electrons. The number of carbonyl (C=O) groups is 1. The van der Waals surface area contributed by atoms with Gasteiger partial charge in [-0.1, -0.05) is 47.5 Å². The molecule has 9 nitrogen and oxygen atoms in total. The first-order valence-electron chi connectivity index (χ1n) is 15.2. The number of aromatic nitrogens is 2. The first kappa shape index (κ1) is 32.2. The molecule has 2 aliphatic rings. The maximum absolute atomic E-state index is 15.4. The Balaban J connectivity index is 1.19. The maximum Gasteiger partial charge on any atom is 0.220 e. The van der Waals surface area contributed by atoms with Gasteiger partial charge in [-0.3, -0.25) is 9.78 Å². The zero-order valence-corrected chi connectivity index (χ0v) is 26.8. The minimum absolute atomic E-state index is 0.0782. The molecule has 1 amide bonds. The van der Waals surface area contributed by atoms with Crippen LogP contribution in [0.2, 0.25) is 10.0 Å². The molecule has 0 unspecified atom stereocenters. The lowest BCUT2D eigenvalue weighted by Gasteiger charge is -2.26. The third-order valence-electron chi connectivity index (χ3n) is 8.23. The summed E-state index contributed by atoms with van der Waals surface area (Å²) in [4.78, 5) is 20.3. The van der Waals surface area contributed by atoms with Crippen molar-refractivity contribution in [1.82, 2.24) is 25.9 Å². The van der Waals surface area contributed by atoms with E-state index in [1.165, 1.54) is 0 Å². The zero-order valence-electron chi connectivity index (χ0n) is 25.3. The van der Waals surface area contributed by atoms with E-state index in [1.807, 2.05) is 30.3 Å². The van der Waals surface area contributed by atoms with Crippen LogP contribution in [0.5, 0.6) is 5.75 Å². The van der Waals surface area contributed by atoms with E-state index in [2.05, 4.69) is 31.2 Å². The van der Waals surface area contributed by atoms with Crippen LogP contribution in [0.4, 0.5) is 15.9 Å². The Kier molecular flexibility index (Phi) is 10.3. The summed E-state index contributed by atoms with van der Waals surface area (Å²) in [5.41, 5.74) is 4.63. The number of pyridine rings is 2. The minimum Gasteiger partial charge on any atom is -0.496 e. The quantitative estimate of drug-likeness (QED) is 0.133. The highest BCUT2D eigenvalue weighted by molar-refractivity contribution is 6.39. The second-order valence-electron chi connectivity index (χ2n) is 11.3. The topological polar surface area (TPSA) is 109 Å². The van der Waals surface area contributed by atoms with Crippen LogP contribution in [0.15, 0.2) is 60.9 Å². The van der Waals surface area contributed by atoms with Crippen molar-refractivity contribution in [3.63, 3.8) is 0 Å². The number of anilines is 2. The number of hydrogen-bond donors (Lipinski definition) is 4. The largest absolute Gasteiger partial charge is 0.496 e. The monoisotopic (exact) mass is 664 g/mol. The molecule has 4 heterocycles. The third kappa shape index (κ3) is 7.27. The summed E-state index contributed by atoms with van der Waals surface area (Å²) >= 11 is 13.9. The number of rotatable bonds is 13. The van der Waals surface area contributed by atoms with Crippen molar-refractivity contribution >= 4 is 40.6 Å². The molecule has 0 aliphatic carbocycles. The minimum atomic E-state index is -0.451. The summed E-state index contributed by atoms with van der Waals surface area (Å²) in [6.07, 6.45) is 5.85. The van der Waals surface area contributed by atoms with Gasteiger partial charge in [0.1, 0.15) is 5.75 Å². The molecule has 4 aromatic rings. The molecule has 6 rings (SSSR count). The van der Waals surface area contributed by atoms with Crippen molar-refractivity contribution in [1.29, 1.82) is 0 Å². The molecular formula is C34H35Cl2FN6O3. The van der Waals surface area contributed by atoms with E-state index >= 15 is 4.39 Å². The molecule has 12 heteroatoms. The lowest BCUT2D eigenvalue weighted by molar-refractivity contribution is -0.119. The Morgan fingerprint density at radius 2 is 1.76 bits per heavy atom. The molecule has 0 bridgehead atoms. The fourth-order valence-electron chi connectivity index (χ4n) is 5.59. The summed E-state index contributed by atoms with van der Waals surface area (Å²) in [6, 6.07) is 14.9. The van der Waals surface area contributed by atoms with E-state index in [1.54, 1.807) is 37.7 Å². The van der Waals surface area contributed by atoms with Gasteiger partial charge in [0, 0.05) is 85.5 Å². The van der Waals surface area contributed by atoms with Gasteiger partial charge in [0.2, 0.25) is 5.91 Å². The molecule has 2 fully saturated rings. The van der Waals surface area contributed by atoms with Crippen molar-refractivity contribution in [2.75, 3.05) is 32.1 Å². The first-order chi connectivity index (χ1) is 22.4. The molecule has 2 aromatic heterocycles. The Morgan fingerprint density at radius 1 is 0.978 bits per heavy atom. The fourth-order valence-corrected chi connectivity index (χ4v) is 6.18. The highest BCUT2D eigenvalue weighted by atomic mass is 35.5. The summed E-state index contributed by atoms with van der Waals surface area (Å²) < 4.78 is 26.5. The summed E-state index contributed by atoms with van der Waals surface area (Å²) in [5.74, 6) is 0.415. The van der Waals surface area contributed by atoms with Gasteiger partial charge in [0.15, 0.2) is 11.6 Å². The Bertz CT molecular complexity index is 1720. The van der Waals surface area contributed by atoms with Crippen molar-refractivity contribution in [2.45, 2.75) is 44.5 Å². The van der Waals surface area contributed by atoms with E-state index < -0.39 is 5.82 Å². The van der Waals surface area contributed by atoms with Gasteiger partial charge in [-0.2, -0.15) is 0 Å². The molecular weight excluding hydrogens is 630 g/mol. The van der Waals surface area contributed by atoms with Gasteiger partial charge in [-0.05, 0) is 37.1 Å². The van der Waals surface area contributed by atoms with Crippen LogP contribution in [0.25, 0.3) is 22.4 Å². The smallest absolute Gasteiger partial charge is 0.220 e. The van der Waals surface area contributed by atoms with E-state index in [4.69, 9.17) is 32.7 Å². The standard InChI is InChI=1S/C34H35Cl2FN6O3/c1-45-28-15-20(5-6-21(28)16-38-18-23-7-8-29(44)42-23)33-31(36)26(10-13-40-33)25-3-2-4-27(30(25)35)43-34-32(37)22(9-12-41-34)17-39-19-24-11-14-46-24/h2-6,9-10,12-13,15,23-24,38-39H,7-8,11,14,16-19H2,1H3,(H,41,43)(H,42,44)/t23-,24+/m0/s1. The second-order valence-corrected chi connectivity index (χ2v) is 12.1. The highest BCUT2D eigenvalue weighted by Crippen LogP contribution is 2.41. The summed E-state index contributed by atoms with van der Waals surface area (Å²) in [5, 5.41) is 13.5. The predicted octanol–water partition coefficient (Wildman–Crippen LogP) is 6.26. The highest BCUT2D eigenvalue weighted by Gasteiger charge is 2.21. The van der Waals surface area contributed by atoms with Crippen LogP contribution >= 0.6 is 23.2 Å². The molecule has 240 valence electrons. The van der Waals surface area contributed by atoms with Crippen molar-refractivity contribution in [3.05, 3.63) is 87.9 Å². The summed E-state index contributed by atoms with van der Waals surface area (Å²) in [7, 11) is 1.62. The second kappa shape index (κ2) is 14.7. The van der Waals surface area contributed by atoms with Crippen molar-refractivity contribution in [3.8, 4) is 28.1 Å². The van der Waals surface area contributed by atoms with Crippen LogP contribution in [0, 0.1) is 5.82 Å². The maximum atomic E-state index is 15.4. The number of halogens is 3. The number of ether oxygens (including phenoxy) is 2. The lowest BCUT2D eigenvalue weighted by atomic mass is 10.0. The number of benzene rings is 2. The molecule has 2 aromatic carbocycles. The normalized spacial score (nSPS) is 17.4. The first-order valence-corrected chi connectivity index (χ1v) is 16.0. The number of carbonyl (C=O) groups excluding carboxylic acids is 1. The number of hydrogen-bond acceptors (Lipinski definition) is 8. The van der Waals surface area contributed by atoms with Gasteiger partial charge in [0.05, 0.1) is 34.6 Å².